The van der Waals surface area contributed by atoms with Crippen LogP contribution in [0.2, 0.25) is 0 Å². The fourth-order valence-electron chi connectivity index (χ4n) is 2.45. The van der Waals surface area contributed by atoms with Crippen LogP contribution in [0, 0.1) is 12.7 Å². The molecule has 0 aliphatic carbocycles. The van der Waals surface area contributed by atoms with Gasteiger partial charge in [-0.3, -0.25) is 0 Å². The zero-order valence-corrected chi connectivity index (χ0v) is 12.5. The van der Waals surface area contributed by atoms with Crippen molar-refractivity contribution in [1.82, 2.24) is 9.55 Å². The average molecular weight is 276 g/mol. The van der Waals surface area contributed by atoms with Gasteiger partial charge in [-0.15, -0.1) is 0 Å². The average Bonchev–Trinajstić information content (AvgIpc) is 2.68. The van der Waals surface area contributed by atoms with Gasteiger partial charge in [-0.2, -0.15) is 0 Å². The van der Waals surface area contributed by atoms with Crippen LogP contribution in [-0.4, -0.2) is 16.2 Å². The summed E-state index contributed by atoms with van der Waals surface area (Å²) in [5, 5.41) is 0. The van der Waals surface area contributed by atoms with E-state index in [0.717, 1.165) is 30.0 Å². The van der Waals surface area contributed by atoms with E-state index in [-0.39, 0.29) is 5.82 Å². The molecule has 4 heteroatoms. The Kier molecular flexibility index (Phi) is 4.42. The lowest BCUT2D eigenvalue weighted by molar-refractivity contribution is 0.304. The van der Waals surface area contributed by atoms with Crippen LogP contribution in [0.15, 0.2) is 18.2 Å². The zero-order chi connectivity index (χ0) is 14.7. The Labute approximate surface area is 119 Å². The summed E-state index contributed by atoms with van der Waals surface area (Å²) in [5.74, 6) is 1.19. The van der Waals surface area contributed by atoms with E-state index in [1.54, 1.807) is 6.07 Å². The number of aryl methyl sites for hydroxylation is 1. The van der Waals surface area contributed by atoms with Crippen molar-refractivity contribution in [2.75, 3.05) is 6.61 Å². The molecule has 3 nitrogen and oxygen atoms in total. The molecule has 1 aromatic heterocycles. The van der Waals surface area contributed by atoms with Crippen molar-refractivity contribution in [3.8, 4) is 17.1 Å². The molecule has 1 aromatic carbocycles. The molecule has 0 unspecified atom stereocenters. The van der Waals surface area contributed by atoms with E-state index in [1.807, 2.05) is 13.8 Å². The molecular formula is C16H21FN2O. The molecular weight excluding hydrogens is 255 g/mol. The van der Waals surface area contributed by atoms with Crippen LogP contribution in [0.25, 0.3) is 11.4 Å². The maximum Gasteiger partial charge on any atom is 0.144 e. The summed E-state index contributed by atoms with van der Waals surface area (Å²) in [6.07, 6.45) is 0.906. The van der Waals surface area contributed by atoms with Gasteiger partial charge in [0.1, 0.15) is 24.0 Å². The maximum absolute atomic E-state index is 13.2. The van der Waals surface area contributed by atoms with Gasteiger partial charge in [0.25, 0.3) is 0 Å². The summed E-state index contributed by atoms with van der Waals surface area (Å²) in [5.41, 5.74) is 3.15. The fraction of sp³-hybridized carbons (Fsp3) is 0.438. The number of imidazole rings is 1. The smallest absolute Gasteiger partial charge is 0.144 e. The van der Waals surface area contributed by atoms with Crippen molar-refractivity contribution in [2.24, 2.45) is 0 Å². The third kappa shape index (κ3) is 2.42. The summed E-state index contributed by atoms with van der Waals surface area (Å²) in [4.78, 5) is 4.66. The van der Waals surface area contributed by atoms with Gasteiger partial charge in [0.05, 0.1) is 17.8 Å². The van der Waals surface area contributed by atoms with E-state index in [9.17, 15) is 4.39 Å². The van der Waals surface area contributed by atoms with Crippen molar-refractivity contribution < 1.29 is 9.13 Å². The Morgan fingerprint density at radius 1 is 1.35 bits per heavy atom. The van der Waals surface area contributed by atoms with E-state index >= 15 is 0 Å². The van der Waals surface area contributed by atoms with Gasteiger partial charge in [0.2, 0.25) is 0 Å². The number of fused-ring (bicyclic) bond motifs is 3. The van der Waals surface area contributed by atoms with Crippen LogP contribution in [-0.2, 0) is 13.0 Å². The largest absolute Gasteiger partial charge is 0.491 e. The van der Waals surface area contributed by atoms with Gasteiger partial charge in [0.15, 0.2) is 0 Å². The summed E-state index contributed by atoms with van der Waals surface area (Å²) in [7, 11) is 0. The van der Waals surface area contributed by atoms with Gasteiger partial charge < -0.3 is 9.30 Å². The lowest BCUT2D eigenvalue weighted by Gasteiger charge is -2.05. The number of hydrogen-bond acceptors (Lipinski definition) is 2. The first-order valence-corrected chi connectivity index (χ1v) is 7.19. The fourth-order valence-corrected chi connectivity index (χ4v) is 2.45. The molecule has 0 spiro atoms. The van der Waals surface area contributed by atoms with E-state index in [2.05, 4.69) is 23.4 Å². The molecule has 0 bridgehead atoms. The van der Waals surface area contributed by atoms with Crippen molar-refractivity contribution in [3.63, 3.8) is 0 Å². The monoisotopic (exact) mass is 276 g/mol. The van der Waals surface area contributed by atoms with Crippen LogP contribution >= 0.6 is 0 Å². The number of ether oxygens (including phenoxy) is 1. The summed E-state index contributed by atoms with van der Waals surface area (Å²) < 4.78 is 21.0. The number of benzene rings is 1. The van der Waals surface area contributed by atoms with Crippen LogP contribution in [0.4, 0.5) is 4.39 Å². The molecule has 0 saturated carbocycles. The Hall–Kier alpha value is -1.84. The second kappa shape index (κ2) is 6.07. The first kappa shape index (κ1) is 14.6. The van der Waals surface area contributed by atoms with Crippen LogP contribution < -0.4 is 4.74 Å². The SMILES string of the molecule is CC.CCc1nc2n(c1C)CCOc1cc(F)ccc1-2. The second-order valence-electron chi connectivity index (χ2n) is 4.46. The van der Waals surface area contributed by atoms with E-state index in [0.29, 0.717) is 12.4 Å². The van der Waals surface area contributed by atoms with Crippen molar-refractivity contribution >= 4 is 0 Å². The summed E-state index contributed by atoms with van der Waals surface area (Å²) in [6, 6.07) is 4.63. The molecule has 1 aliphatic rings. The van der Waals surface area contributed by atoms with Gasteiger partial charge in [-0.1, -0.05) is 20.8 Å². The van der Waals surface area contributed by atoms with Crippen molar-refractivity contribution in [3.05, 3.63) is 35.4 Å². The normalized spacial score (nSPS) is 12.4. The third-order valence-corrected chi connectivity index (χ3v) is 3.41. The molecule has 2 aromatic rings. The van der Waals surface area contributed by atoms with Crippen LogP contribution in [0.1, 0.15) is 32.2 Å². The van der Waals surface area contributed by atoms with E-state index in [1.165, 1.54) is 17.8 Å². The number of rotatable bonds is 1. The Balaban J connectivity index is 0.000000704. The number of hydrogen-bond donors (Lipinski definition) is 0. The predicted molar refractivity (Wildman–Crippen MR) is 78.6 cm³/mol. The highest BCUT2D eigenvalue weighted by Gasteiger charge is 2.20. The summed E-state index contributed by atoms with van der Waals surface area (Å²) in [6.45, 7) is 9.47. The zero-order valence-electron chi connectivity index (χ0n) is 12.5. The lowest BCUT2D eigenvalue weighted by Crippen LogP contribution is -2.07. The Morgan fingerprint density at radius 2 is 2.10 bits per heavy atom. The second-order valence-corrected chi connectivity index (χ2v) is 4.46. The molecule has 0 amide bonds. The number of nitrogens with zero attached hydrogens (tertiary/aromatic N) is 2. The molecule has 2 heterocycles. The van der Waals surface area contributed by atoms with Gasteiger partial charge in [-0.05, 0) is 25.5 Å². The molecule has 0 atom stereocenters. The van der Waals surface area contributed by atoms with E-state index < -0.39 is 0 Å². The maximum atomic E-state index is 13.2. The van der Waals surface area contributed by atoms with Gasteiger partial charge in [-0.25, -0.2) is 9.37 Å². The van der Waals surface area contributed by atoms with Gasteiger partial charge >= 0.3 is 0 Å². The Bertz CT molecular complexity index is 605. The molecule has 0 saturated heterocycles. The quantitative estimate of drug-likeness (QED) is 0.787. The number of halogens is 1. The molecule has 0 N–H and O–H groups in total. The van der Waals surface area contributed by atoms with Crippen molar-refractivity contribution in [2.45, 2.75) is 40.7 Å². The van der Waals surface area contributed by atoms with Crippen LogP contribution in [0.5, 0.6) is 5.75 Å². The predicted octanol–water partition coefficient (Wildman–Crippen LogP) is 3.98. The molecule has 0 radical (unpaired) electrons. The van der Waals surface area contributed by atoms with Gasteiger partial charge in [0, 0.05) is 11.8 Å². The third-order valence-electron chi connectivity index (χ3n) is 3.41. The highest BCUT2D eigenvalue weighted by molar-refractivity contribution is 5.66. The molecule has 3 rings (SSSR count). The minimum Gasteiger partial charge on any atom is -0.491 e. The Morgan fingerprint density at radius 3 is 2.80 bits per heavy atom. The highest BCUT2D eigenvalue weighted by Crippen LogP contribution is 2.33. The minimum absolute atomic E-state index is 0.277. The first-order chi connectivity index (χ1) is 9.70. The number of aromatic nitrogens is 2. The highest BCUT2D eigenvalue weighted by atomic mass is 19.1. The van der Waals surface area contributed by atoms with Crippen LogP contribution in [0.3, 0.4) is 0 Å². The first-order valence-electron chi connectivity index (χ1n) is 7.19. The molecule has 1 aliphatic heterocycles. The van der Waals surface area contributed by atoms with Crippen molar-refractivity contribution in [1.29, 1.82) is 0 Å². The van der Waals surface area contributed by atoms with E-state index in [4.69, 9.17) is 4.74 Å². The molecule has 108 valence electrons. The standard InChI is InChI=1S/C14H15FN2O.C2H6/c1-3-12-9(2)17-6-7-18-13-8-10(15)4-5-11(13)14(17)16-12;1-2/h4-5,8H,3,6-7H2,1-2H3;1-2H3. The molecule has 20 heavy (non-hydrogen) atoms. The topological polar surface area (TPSA) is 27.1 Å². The molecule has 0 fully saturated rings. The lowest BCUT2D eigenvalue weighted by atomic mass is 10.2. The summed E-state index contributed by atoms with van der Waals surface area (Å²) >= 11 is 0. The minimum atomic E-state index is -0.277.